The molecule has 0 atom stereocenters. The summed E-state index contributed by atoms with van der Waals surface area (Å²) in [6.45, 7) is 7.44. The summed E-state index contributed by atoms with van der Waals surface area (Å²) in [6.07, 6.45) is 1.01. The minimum Gasteiger partial charge on any atom is -0.494 e. The van der Waals surface area contributed by atoms with Crippen molar-refractivity contribution in [3.8, 4) is 5.75 Å². The summed E-state index contributed by atoms with van der Waals surface area (Å²) in [5.41, 5.74) is 0. The van der Waals surface area contributed by atoms with E-state index in [1.54, 1.807) is 24.3 Å². The van der Waals surface area contributed by atoms with Crippen molar-refractivity contribution in [1.29, 1.82) is 0 Å². The van der Waals surface area contributed by atoms with Crippen molar-refractivity contribution in [2.75, 3.05) is 39.3 Å². The summed E-state index contributed by atoms with van der Waals surface area (Å²) in [7, 11) is -3.47. The van der Waals surface area contributed by atoms with E-state index in [1.807, 2.05) is 11.8 Å². The molecule has 0 unspecified atom stereocenters. The first kappa shape index (κ1) is 19.0. The third-order valence-electron chi connectivity index (χ3n) is 3.82. The summed E-state index contributed by atoms with van der Waals surface area (Å²) in [5, 5.41) is 3.88. The van der Waals surface area contributed by atoms with E-state index in [0.29, 0.717) is 48.5 Å². The molecule has 1 aliphatic heterocycles. The average Bonchev–Trinajstić information content (AvgIpc) is 2.60. The zero-order valence-electron chi connectivity index (χ0n) is 14.2. The topological polar surface area (TPSA) is 61.9 Å². The average molecular weight is 372 g/mol. The zero-order valence-corrected chi connectivity index (χ0v) is 15.8. The van der Waals surface area contributed by atoms with Crippen LogP contribution in [0.3, 0.4) is 0 Å². The molecule has 1 fully saturated rings. The molecule has 0 saturated carbocycles. The Labute approximate surface area is 149 Å². The van der Waals surface area contributed by atoms with Gasteiger partial charge in [-0.15, -0.1) is 0 Å². The first-order valence-corrected chi connectivity index (χ1v) is 10.1. The Morgan fingerprint density at radius 1 is 1.17 bits per heavy atom. The summed E-state index contributed by atoms with van der Waals surface area (Å²) in [5.74, 6) is 0.675. The smallest absolute Gasteiger partial charge is 0.243 e. The molecule has 0 aliphatic carbocycles. The molecule has 1 aromatic carbocycles. The highest BCUT2D eigenvalue weighted by Gasteiger charge is 2.29. The number of rotatable bonds is 6. The highest BCUT2D eigenvalue weighted by atomic mass is 32.2. The molecule has 2 rings (SSSR count). The van der Waals surface area contributed by atoms with Crippen molar-refractivity contribution in [2.24, 2.45) is 0 Å². The van der Waals surface area contributed by atoms with E-state index in [9.17, 15) is 8.42 Å². The largest absolute Gasteiger partial charge is 0.494 e. The Kier molecular flexibility index (Phi) is 6.82. The van der Waals surface area contributed by atoms with Crippen LogP contribution in [0.25, 0.3) is 0 Å². The van der Waals surface area contributed by atoms with Crippen LogP contribution in [-0.4, -0.2) is 62.1 Å². The maximum Gasteiger partial charge on any atom is 0.243 e. The van der Waals surface area contributed by atoms with E-state index >= 15 is 0 Å². The van der Waals surface area contributed by atoms with Crippen molar-refractivity contribution in [3.05, 3.63) is 24.3 Å². The van der Waals surface area contributed by atoms with Gasteiger partial charge in [-0.3, -0.25) is 0 Å². The number of thiocarbonyl (C=S) groups is 1. The van der Waals surface area contributed by atoms with Crippen LogP contribution < -0.4 is 10.1 Å². The molecule has 1 N–H and O–H groups in total. The fraction of sp³-hybridized carbons (Fsp3) is 0.562. The second kappa shape index (κ2) is 8.64. The van der Waals surface area contributed by atoms with E-state index in [1.165, 1.54) is 4.31 Å². The fourth-order valence-corrected chi connectivity index (χ4v) is 4.21. The summed E-state index contributed by atoms with van der Waals surface area (Å²) >= 11 is 5.34. The molecule has 0 amide bonds. The van der Waals surface area contributed by atoms with Gasteiger partial charge < -0.3 is 15.0 Å². The molecule has 1 aromatic rings. The molecule has 0 aromatic heterocycles. The highest BCUT2D eigenvalue weighted by molar-refractivity contribution is 7.89. The van der Waals surface area contributed by atoms with Crippen molar-refractivity contribution >= 4 is 27.4 Å². The van der Waals surface area contributed by atoms with Gasteiger partial charge >= 0.3 is 0 Å². The molecule has 0 radical (unpaired) electrons. The van der Waals surface area contributed by atoms with Gasteiger partial charge in [-0.05, 0) is 49.8 Å². The number of ether oxygens (including phenoxy) is 1. The molecular formula is C16H25N3O3S2. The number of piperazine rings is 1. The van der Waals surface area contributed by atoms with Crippen LogP contribution in [0.5, 0.6) is 5.75 Å². The molecule has 1 heterocycles. The van der Waals surface area contributed by atoms with Crippen LogP contribution in [-0.2, 0) is 10.0 Å². The summed E-state index contributed by atoms with van der Waals surface area (Å²) < 4.78 is 32.3. The lowest BCUT2D eigenvalue weighted by molar-refractivity contribution is 0.264. The molecule has 0 spiro atoms. The first-order valence-electron chi connectivity index (χ1n) is 8.24. The minimum absolute atomic E-state index is 0.297. The van der Waals surface area contributed by atoms with Crippen LogP contribution in [0, 0.1) is 0 Å². The number of hydrogen-bond acceptors (Lipinski definition) is 4. The highest BCUT2D eigenvalue weighted by Crippen LogP contribution is 2.20. The predicted octanol–water partition coefficient (Wildman–Crippen LogP) is 1.68. The molecule has 0 bridgehead atoms. The van der Waals surface area contributed by atoms with Crippen molar-refractivity contribution in [1.82, 2.24) is 14.5 Å². The normalized spacial score (nSPS) is 16.0. The monoisotopic (exact) mass is 371 g/mol. The van der Waals surface area contributed by atoms with Crippen LogP contribution in [0.2, 0.25) is 0 Å². The van der Waals surface area contributed by atoms with Crippen LogP contribution in [0.15, 0.2) is 29.2 Å². The Morgan fingerprint density at radius 3 is 2.33 bits per heavy atom. The summed E-state index contributed by atoms with van der Waals surface area (Å²) in [4.78, 5) is 2.32. The number of benzene rings is 1. The van der Waals surface area contributed by atoms with Gasteiger partial charge in [-0.2, -0.15) is 4.31 Å². The number of nitrogens with zero attached hydrogens (tertiary/aromatic N) is 2. The quantitative estimate of drug-likeness (QED) is 0.768. The van der Waals surface area contributed by atoms with Gasteiger partial charge in [0.1, 0.15) is 5.75 Å². The minimum atomic E-state index is -3.47. The Morgan fingerprint density at radius 2 is 1.79 bits per heavy atom. The van der Waals surface area contributed by atoms with Crippen molar-refractivity contribution < 1.29 is 13.2 Å². The molecule has 8 heteroatoms. The standard InChI is InChI=1S/C16H25N3O3S2/c1-3-9-17-16(23)18-10-12-19(13-11-18)24(20,21)15-7-5-14(6-8-15)22-4-2/h5-8H,3-4,9-13H2,1-2H3,(H,17,23). The third-order valence-corrected chi connectivity index (χ3v) is 6.14. The molecular weight excluding hydrogens is 346 g/mol. The van der Waals surface area contributed by atoms with E-state index in [-0.39, 0.29) is 0 Å². The predicted molar refractivity (Wildman–Crippen MR) is 98.8 cm³/mol. The van der Waals surface area contributed by atoms with Gasteiger partial charge in [-0.1, -0.05) is 6.92 Å². The number of sulfonamides is 1. The second-order valence-corrected chi connectivity index (χ2v) is 7.85. The van der Waals surface area contributed by atoms with Gasteiger partial charge in [0.05, 0.1) is 11.5 Å². The van der Waals surface area contributed by atoms with E-state index < -0.39 is 10.0 Å². The van der Waals surface area contributed by atoms with Crippen LogP contribution in [0.4, 0.5) is 0 Å². The zero-order chi connectivity index (χ0) is 17.6. The lowest BCUT2D eigenvalue weighted by Gasteiger charge is -2.35. The molecule has 1 aliphatic rings. The van der Waals surface area contributed by atoms with Crippen LogP contribution in [0.1, 0.15) is 20.3 Å². The number of nitrogens with one attached hydrogen (secondary N) is 1. The van der Waals surface area contributed by atoms with E-state index in [2.05, 4.69) is 12.2 Å². The lowest BCUT2D eigenvalue weighted by atomic mass is 10.3. The Bertz CT molecular complexity index is 639. The molecule has 6 nitrogen and oxygen atoms in total. The maximum atomic E-state index is 12.7. The second-order valence-electron chi connectivity index (χ2n) is 5.53. The fourth-order valence-electron chi connectivity index (χ4n) is 2.50. The van der Waals surface area contributed by atoms with Gasteiger partial charge in [0.2, 0.25) is 10.0 Å². The van der Waals surface area contributed by atoms with Crippen LogP contribution >= 0.6 is 12.2 Å². The van der Waals surface area contributed by atoms with E-state index in [0.717, 1.165) is 13.0 Å². The van der Waals surface area contributed by atoms with Gasteiger partial charge in [0, 0.05) is 32.7 Å². The van der Waals surface area contributed by atoms with E-state index in [4.69, 9.17) is 17.0 Å². The number of hydrogen-bond donors (Lipinski definition) is 1. The first-order chi connectivity index (χ1) is 11.5. The molecule has 24 heavy (non-hydrogen) atoms. The Hall–Kier alpha value is -1.38. The van der Waals surface area contributed by atoms with Gasteiger partial charge in [0.15, 0.2) is 5.11 Å². The SMILES string of the molecule is CCCNC(=S)N1CCN(S(=O)(=O)c2ccc(OCC)cc2)CC1. The van der Waals surface area contributed by atoms with Gasteiger partial charge in [0.25, 0.3) is 0 Å². The summed E-state index contributed by atoms with van der Waals surface area (Å²) in [6, 6.07) is 6.58. The maximum absolute atomic E-state index is 12.7. The lowest BCUT2D eigenvalue weighted by Crippen LogP contribution is -2.53. The van der Waals surface area contributed by atoms with Crippen molar-refractivity contribution in [3.63, 3.8) is 0 Å². The Balaban J connectivity index is 1.98. The van der Waals surface area contributed by atoms with Gasteiger partial charge in [-0.25, -0.2) is 8.42 Å². The molecule has 134 valence electrons. The third kappa shape index (κ3) is 4.58. The van der Waals surface area contributed by atoms with Crippen molar-refractivity contribution in [2.45, 2.75) is 25.2 Å². The molecule has 1 saturated heterocycles.